The molecule has 1 fully saturated rings. The van der Waals surface area contributed by atoms with E-state index in [9.17, 15) is 18.0 Å². The van der Waals surface area contributed by atoms with Crippen molar-refractivity contribution in [2.45, 2.75) is 10.9 Å². The topological polar surface area (TPSA) is 102 Å². The zero-order chi connectivity index (χ0) is 25.5. The summed E-state index contributed by atoms with van der Waals surface area (Å²) in [6.45, 7) is 0.555. The number of carbonyl (C=O) groups excluding carboxylic acids is 2. The van der Waals surface area contributed by atoms with Crippen LogP contribution in [0, 0.1) is 0 Å². The molecule has 1 aliphatic rings. The molecule has 0 radical (unpaired) electrons. The number of esters is 1. The molecular weight excluding hydrogens is 548 g/mol. The Morgan fingerprint density at radius 1 is 0.944 bits per heavy atom. The fourth-order valence-corrected chi connectivity index (χ4v) is 6.18. The highest BCUT2D eigenvalue weighted by atomic mass is 79.9. The molecule has 188 valence electrons. The molecule has 0 saturated carbocycles. The normalized spacial score (nSPS) is 14.4. The quantitative estimate of drug-likeness (QED) is 0.414. The molecule has 0 aliphatic carbocycles. The van der Waals surface area contributed by atoms with Crippen LogP contribution in [0.25, 0.3) is 0 Å². The lowest BCUT2D eigenvalue weighted by molar-refractivity contribution is -0.124. The van der Waals surface area contributed by atoms with Gasteiger partial charge in [-0.3, -0.25) is 4.79 Å². The van der Waals surface area contributed by atoms with Gasteiger partial charge in [-0.1, -0.05) is 60.7 Å². The Hall–Kier alpha value is -3.05. The van der Waals surface area contributed by atoms with Gasteiger partial charge in [0, 0.05) is 17.6 Å². The van der Waals surface area contributed by atoms with E-state index in [0.29, 0.717) is 17.7 Å². The van der Waals surface area contributed by atoms with Crippen molar-refractivity contribution in [3.05, 3.63) is 100 Å². The van der Waals surface area contributed by atoms with E-state index < -0.39 is 34.5 Å². The van der Waals surface area contributed by atoms with E-state index in [0.717, 1.165) is 11.1 Å². The molecule has 1 amide bonds. The third-order valence-corrected chi connectivity index (χ3v) is 8.55. The van der Waals surface area contributed by atoms with Gasteiger partial charge in [-0.25, -0.2) is 13.2 Å². The molecule has 8 nitrogen and oxygen atoms in total. The minimum Gasteiger partial charge on any atom is -0.452 e. The molecule has 1 saturated heterocycles. The summed E-state index contributed by atoms with van der Waals surface area (Å²) >= 11 is 3.26. The third kappa shape index (κ3) is 6.19. The molecule has 10 heteroatoms. The predicted molar refractivity (Wildman–Crippen MR) is 137 cm³/mol. The Bertz CT molecular complexity index is 1270. The molecule has 0 bridgehead atoms. The van der Waals surface area contributed by atoms with Crippen molar-refractivity contribution in [2.24, 2.45) is 0 Å². The number of nitrogens with one attached hydrogen (secondary N) is 1. The number of morpholine rings is 1. The minimum atomic E-state index is -3.84. The predicted octanol–water partition coefficient (Wildman–Crippen LogP) is 3.53. The van der Waals surface area contributed by atoms with Gasteiger partial charge in [-0.05, 0) is 45.3 Å². The maximum Gasteiger partial charge on any atom is 0.338 e. The van der Waals surface area contributed by atoms with Gasteiger partial charge in [0.25, 0.3) is 5.91 Å². The van der Waals surface area contributed by atoms with E-state index in [1.807, 2.05) is 60.7 Å². The van der Waals surface area contributed by atoms with Gasteiger partial charge in [0.1, 0.15) is 0 Å². The largest absolute Gasteiger partial charge is 0.452 e. The monoisotopic (exact) mass is 572 g/mol. The van der Waals surface area contributed by atoms with Crippen molar-refractivity contribution in [3.63, 3.8) is 0 Å². The number of ether oxygens (including phenoxy) is 2. The summed E-state index contributed by atoms with van der Waals surface area (Å²) in [5.41, 5.74) is 1.80. The van der Waals surface area contributed by atoms with Crippen LogP contribution in [0.1, 0.15) is 27.5 Å². The zero-order valence-electron chi connectivity index (χ0n) is 19.3. The number of carbonyl (C=O) groups is 2. The van der Waals surface area contributed by atoms with Crippen LogP contribution in [0.3, 0.4) is 0 Å². The van der Waals surface area contributed by atoms with Gasteiger partial charge in [0.05, 0.1) is 29.7 Å². The lowest BCUT2D eigenvalue weighted by Crippen LogP contribution is -2.40. The average Bonchev–Trinajstić information content (AvgIpc) is 2.92. The molecule has 4 rings (SSSR count). The Labute approximate surface area is 218 Å². The van der Waals surface area contributed by atoms with Crippen molar-refractivity contribution < 1.29 is 27.5 Å². The van der Waals surface area contributed by atoms with Crippen LogP contribution >= 0.6 is 15.9 Å². The lowest BCUT2D eigenvalue weighted by Gasteiger charge is -2.26. The molecule has 0 aromatic heterocycles. The molecule has 1 aliphatic heterocycles. The summed E-state index contributed by atoms with van der Waals surface area (Å²) < 4.78 is 38.2. The second-order valence-electron chi connectivity index (χ2n) is 8.06. The van der Waals surface area contributed by atoms with Crippen molar-refractivity contribution in [3.8, 4) is 0 Å². The second-order valence-corrected chi connectivity index (χ2v) is 10.8. The maximum atomic E-state index is 13.1. The average molecular weight is 573 g/mol. The van der Waals surface area contributed by atoms with Gasteiger partial charge in [-0.15, -0.1) is 0 Å². The lowest BCUT2D eigenvalue weighted by atomic mass is 9.99. The van der Waals surface area contributed by atoms with Crippen molar-refractivity contribution >= 4 is 37.8 Å². The molecule has 36 heavy (non-hydrogen) atoms. The van der Waals surface area contributed by atoms with Gasteiger partial charge in [0.15, 0.2) is 6.61 Å². The van der Waals surface area contributed by atoms with Crippen LogP contribution < -0.4 is 5.32 Å². The molecular formula is C26H25BrN2O6S. The highest BCUT2D eigenvalue weighted by molar-refractivity contribution is 9.10. The summed E-state index contributed by atoms with van der Waals surface area (Å²) in [6.07, 6.45) is 0. The second kappa shape index (κ2) is 11.8. The van der Waals surface area contributed by atoms with E-state index in [1.54, 1.807) is 0 Å². The number of rotatable bonds is 8. The fraction of sp³-hybridized carbons (Fsp3) is 0.231. The van der Waals surface area contributed by atoms with Crippen molar-refractivity contribution in [2.75, 3.05) is 32.9 Å². The smallest absolute Gasteiger partial charge is 0.338 e. The summed E-state index contributed by atoms with van der Waals surface area (Å²) in [6, 6.07) is 22.7. The number of benzene rings is 3. The summed E-state index contributed by atoms with van der Waals surface area (Å²) in [7, 11) is -3.84. The van der Waals surface area contributed by atoms with Crippen molar-refractivity contribution in [1.82, 2.24) is 9.62 Å². The van der Waals surface area contributed by atoms with Crippen LogP contribution in [-0.2, 0) is 24.3 Å². The summed E-state index contributed by atoms with van der Waals surface area (Å²) in [4.78, 5) is 25.4. The van der Waals surface area contributed by atoms with E-state index >= 15 is 0 Å². The molecule has 3 aromatic carbocycles. The molecule has 0 atom stereocenters. The van der Waals surface area contributed by atoms with Crippen LogP contribution in [0.5, 0.6) is 0 Å². The first kappa shape index (κ1) is 26.0. The molecule has 0 unspecified atom stereocenters. The highest BCUT2D eigenvalue weighted by Gasteiger charge is 2.29. The zero-order valence-corrected chi connectivity index (χ0v) is 21.7. The van der Waals surface area contributed by atoms with Gasteiger partial charge < -0.3 is 14.8 Å². The maximum absolute atomic E-state index is 13.1. The SMILES string of the molecule is O=C(COC(=O)c1ccc(Br)c(S(=O)(=O)N2CCOCC2)c1)NC(c1ccccc1)c1ccccc1. The van der Waals surface area contributed by atoms with Crippen LogP contribution in [0.2, 0.25) is 0 Å². The van der Waals surface area contributed by atoms with E-state index in [2.05, 4.69) is 21.2 Å². The minimum absolute atomic E-state index is 0.0282. The Morgan fingerprint density at radius 2 is 1.53 bits per heavy atom. The Kier molecular flexibility index (Phi) is 8.52. The third-order valence-electron chi connectivity index (χ3n) is 5.66. The first-order chi connectivity index (χ1) is 17.4. The molecule has 1 N–H and O–H groups in total. The molecule has 0 spiro atoms. The van der Waals surface area contributed by atoms with Gasteiger partial charge >= 0.3 is 5.97 Å². The number of nitrogens with zero attached hydrogens (tertiary/aromatic N) is 1. The number of halogens is 1. The van der Waals surface area contributed by atoms with Gasteiger partial charge in [0.2, 0.25) is 10.0 Å². The van der Waals surface area contributed by atoms with Crippen LogP contribution in [0.15, 0.2) is 88.2 Å². The van der Waals surface area contributed by atoms with Crippen molar-refractivity contribution in [1.29, 1.82) is 0 Å². The van der Waals surface area contributed by atoms with E-state index in [-0.39, 0.29) is 23.5 Å². The molecule has 1 heterocycles. The number of sulfonamides is 1. The van der Waals surface area contributed by atoms with Gasteiger partial charge in [-0.2, -0.15) is 4.31 Å². The number of hydrogen-bond donors (Lipinski definition) is 1. The number of hydrogen-bond acceptors (Lipinski definition) is 6. The van der Waals surface area contributed by atoms with E-state index in [1.165, 1.54) is 22.5 Å². The van der Waals surface area contributed by atoms with Crippen LogP contribution in [0.4, 0.5) is 0 Å². The van der Waals surface area contributed by atoms with Crippen LogP contribution in [-0.4, -0.2) is 57.5 Å². The van der Waals surface area contributed by atoms with E-state index in [4.69, 9.17) is 9.47 Å². The molecule has 3 aromatic rings. The first-order valence-corrected chi connectivity index (χ1v) is 13.5. The summed E-state index contributed by atoms with van der Waals surface area (Å²) in [5, 5.41) is 2.91. The standard InChI is InChI=1S/C26H25BrN2O6S/c27-22-12-11-21(17-23(22)36(32,33)29-13-15-34-16-14-29)26(31)35-18-24(30)28-25(19-7-3-1-4-8-19)20-9-5-2-6-10-20/h1-12,17,25H,13-16,18H2,(H,28,30). The summed E-state index contributed by atoms with van der Waals surface area (Å²) in [5.74, 6) is -1.29. The fourth-order valence-electron chi connectivity index (χ4n) is 3.82. The number of amides is 1. The Morgan fingerprint density at radius 3 is 2.11 bits per heavy atom. The highest BCUT2D eigenvalue weighted by Crippen LogP contribution is 2.27. The Balaban J connectivity index is 1.45. The first-order valence-electron chi connectivity index (χ1n) is 11.3.